The highest BCUT2D eigenvalue weighted by atomic mass is 16.5. The fourth-order valence-electron chi connectivity index (χ4n) is 6.23. The molecule has 0 heterocycles. The number of rotatable bonds is 15. The molecule has 248 valence electrons. The van der Waals surface area contributed by atoms with Crippen molar-refractivity contribution in [3.63, 3.8) is 0 Å². The van der Waals surface area contributed by atoms with Crippen LogP contribution in [0.3, 0.4) is 0 Å². The second-order valence-corrected chi connectivity index (χ2v) is 12.3. The summed E-state index contributed by atoms with van der Waals surface area (Å²) in [5.74, 6) is 2.42. The average molecular weight is 655 g/mol. The van der Waals surface area contributed by atoms with E-state index in [-0.39, 0.29) is 0 Å². The van der Waals surface area contributed by atoms with Gasteiger partial charge in [0.05, 0.1) is 0 Å². The third-order valence-corrected chi connectivity index (χ3v) is 9.30. The molecule has 50 heavy (non-hydrogen) atoms. The molecule has 0 N–H and O–H groups in total. The van der Waals surface area contributed by atoms with E-state index < -0.39 is 5.41 Å². The molecule has 0 atom stereocenters. The van der Waals surface area contributed by atoms with Crippen molar-refractivity contribution >= 4 is 18.2 Å². The van der Waals surface area contributed by atoms with Gasteiger partial charge in [-0.3, -0.25) is 0 Å². The molecule has 0 aliphatic rings. The number of benzene rings is 6. The van der Waals surface area contributed by atoms with E-state index in [2.05, 4.69) is 81.3 Å². The SMILES string of the molecule is C=Cc1ccccc1COc1ccc(C(C)(c2ccc(OCc3ccccc3C=C)cc2)c2ccc(OCc3ccccc3C=C)cc2)cc1. The van der Waals surface area contributed by atoms with Gasteiger partial charge in [0.2, 0.25) is 0 Å². The van der Waals surface area contributed by atoms with Gasteiger partial charge in [-0.1, -0.05) is 147 Å². The van der Waals surface area contributed by atoms with Crippen molar-refractivity contribution in [2.75, 3.05) is 0 Å². The zero-order valence-electron chi connectivity index (χ0n) is 28.6. The van der Waals surface area contributed by atoms with Crippen LogP contribution in [-0.2, 0) is 25.2 Å². The topological polar surface area (TPSA) is 27.7 Å². The van der Waals surface area contributed by atoms with E-state index in [1.54, 1.807) is 0 Å². The summed E-state index contributed by atoms with van der Waals surface area (Å²) in [6.45, 7) is 15.5. The van der Waals surface area contributed by atoms with Crippen LogP contribution < -0.4 is 14.2 Å². The van der Waals surface area contributed by atoms with Crippen LogP contribution in [0, 0.1) is 0 Å². The van der Waals surface area contributed by atoms with Gasteiger partial charge in [0.1, 0.15) is 37.1 Å². The molecule has 6 aromatic rings. The van der Waals surface area contributed by atoms with Crippen molar-refractivity contribution < 1.29 is 14.2 Å². The van der Waals surface area contributed by atoms with Crippen LogP contribution in [0.2, 0.25) is 0 Å². The summed E-state index contributed by atoms with van der Waals surface area (Å²) in [5.41, 5.74) is 9.46. The Kier molecular flexibility index (Phi) is 10.8. The fraction of sp³-hybridized carbons (Fsp3) is 0.106. The molecular formula is C47H42O3. The van der Waals surface area contributed by atoms with Gasteiger partial charge in [0, 0.05) is 5.41 Å². The summed E-state index contributed by atoms with van der Waals surface area (Å²) >= 11 is 0. The average Bonchev–Trinajstić information content (AvgIpc) is 3.19. The van der Waals surface area contributed by atoms with E-state index in [0.29, 0.717) is 19.8 Å². The summed E-state index contributed by atoms with van der Waals surface area (Å²) in [6, 6.07) is 49.7. The summed E-state index contributed by atoms with van der Waals surface area (Å²) in [4.78, 5) is 0. The van der Waals surface area contributed by atoms with Crippen LogP contribution in [0.4, 0.5) is 0 Å². The van der Waals surface area contributed by atoms with Crippen LogP contribution in [0.1, 0.15) is 57.0 Å². The predicted molar refractivity (Wildman–Crippen MR) is 207 cm³/mol. The molecule has 0 saturated heterocycles. The van der Waals surface area contributed by atoms with E-state index in [4.69, 9.17) is 14.2 Å². The maximum absolute atomic E-state index is 6.21. The van der Waals surface area contributed by atoms with Gasteiger partial charge in [-0.15, -0.1) is 0 Å². The summed E-state index contributed by atoms with van der Waals surface area (Å²) in [6.07, 6.45) is 5.58. The van der Waals surface area contributed by atoms with Gasteiger partial charge in [0.25, 0.3) is 0 Å². The van der Waals surface area contributed by atoms with Gasteiger partial charge in [0.15, 0.2) is 0 Å². The number of ether oxygens (including phenoxy) is 3. The van der Waals surface area contributed by atoms with E-state index >= 15 is 0 Å². The van der Waals surface area contributed by atoms with Crippen LogP contribution in [0.25, 0.3) is 18.2 Å². The quantitative estimate of drug-likeness (QED) is 0.103. The van der Waals surface area contributed by atoms with Gasteiger partial charge >= 0.3 is 0 Å². The van der Waals surface area contributed by atoms with Crippen LogP contribution >= 0.6 is 0 Å². The van der Waals surface area contributed by atoms with Gasteiger partial charge in [-0.2, -0.15) is 0 Å². The van der Waals surface area contributed by atoms with Crippen molar-refractivity contribution in [2.45, 2.75) is 32.2 Å². The first kappa shape index (κ1) is 33.8. The molecule has 0 unspecified atom stereocenters. The molecule has 0 saturated carbocycles. The maximum Gasteiger partial charge on any atom is 0.119 e. The van der Waals surface area contributed by atoms with E-state index in [1.807, 2.05) is 109 Å². The van der Waals surface area contributed by atoms with Crippen LogP contribution in [-0.4, -0.2) is 0 Å². The molecule has 0 aliphatic heterocycles. The molecule has 6 rings (SSSR count). The molecule has 0 radical (unpaired) electrons. The third-order valence-electron chi connectivity index (χ3n) is 9.30. The lowest BCUT2D eigenvalue weighted by Gasteiger charge is -2.32. The highest BCUT2D eigenvalue weighted by Gasteiger charge is 2.31. The molecule has 0 aromatic heterocycles. The minimum Gasteiger partial charge on any atom is -0.489 e. The minimum atomic E-state index is -0.476. The summed E-state index contributed by atoms with van der Waals surface area (Å²) < 4.78 is 18.6. The lowest BCUT2D eigenvalue weighted by molar-refractivity contribution is 0.305. The van der Waals surface area contributed by atoms with Crippen LogP contribution in [0.15, 0.2) is 165 Å². The second-order valence-electron chi connectivity index (χ2n) is 12.3. The molecule has 0 fully saturated rings. The summed E-state index contributed by atoms with van der Waals surface area (Å²) in [7, 11) is 0. The van der Waals surface area contributed by atoms with Crippen molar-refractivity contribution in [3.8, 4) is 17.2 Å². The Balaban J connectivity index is 1.26. The molecule has 3 nitrogen and oxygen atoms in total. The highest BCUT2D eigenvalue weighted by Crippen LogP contribution is 2.41. The molecule has 0 aliphatic carbocycles. The van der Waals surface area contributed by atoms with E-state index in [9.17, 15) is 0 Å². The van der Waals surface area contributed by atoms with Crippen LogP contribution in [0.5, 0.6) is 17.2 Å². The van der Waals surface area contributed by atoms with Crippen molar-refractivity contribution in [2.24, 2.45) is 0 Å². The van der Waals surface area contributed by atoms with E-state index in [1.165, 1.54) is 0 Å². The smallest absolute Gasteiger partial charge is 0.119 e. The normalized spacial score (nSPS) is 11.0. The second kappa shape index (κ2) is 15.9. The first-order valence-corrected chi connectivity index (χ1v) is 16.8. The van der Waals surface area contributed by atoms with Gasteiger partial charge < -0.3 is 14.2 Å². The molecular weight excluding hydrogens is 613 g/mol. The third kappa shape index (κ3) is 7.64. The van der Waals surface area contributed by atoms with E-state index in [0.717, 1.165) is 67.3 Å². The zero-order valence-corrected chi connectivity index (χ0v) is 28.6. The summed E-state index contributed by atoms with van der Waals surface area (Å²) in [5, 5.41) is 0. The number of hydrogen-bond acceptors (Lipinski definition) is 3. The monoisotopic (exact) mass is 654 g/mol. The lowest BCUT2D eigenvalue weighted by atomic mass is 9.71. The molecule has 6 aromatic carbocycles. The van der Waals surface area contributed by atoms with Crippen molar-refractivity contribution in [1.29, 1.82) is 0 Å². The Morgan fingerprint density at radius 2 is 0.660 bits per heavy atom. The highest BCUT2D eigenvalue weighted by molar-refractivity contribution is 5.55. The fourth-order valence-corrected chi connectivity index (χ4v) is 6.23. The number of hydrogen-bond donors (Lipinski definition) is 0. The standard InChI is InChI=1S/C47H42O3/c1-5-35-14-8-11-17-38(35)32-48-44-26-20-41(21-27-44)47(4,42-22-28-45(29-23-42)49-33-39-18-12-9-15-36(39)6-2)43-24-30-46(31-25-43)50-34-40-19-13-10-16-37(40)7-3/h5-31H,1-3,32-34H2,4H3. The Labute approximate surface area is 296 Å². The Morgan fingerprint density at radius 3 is 0.920 bits per heavy atom. The van der Waals surface area contributed by atoms with Crippen molar-refractivity contribution in [3.05, 3.63) is 215 Å². The van der Waals surface area contributed by atoms with Crippen molar-refractivity contribution in [1.82, 2.24) is 0 Å². The maximum atomic E-state index is 6.21. The Morgan fingerprint density at radius 1 is 0.400 bits per heavy atom. The zero-order chi connectivity index (χ0) is 34.8. The molecule has 0 bridgehead atoms. The lowest BCUT2D eigenvalue weighted by Crippen LogP contribution is -2.25. The predicted octanol–water partition coefficient (Wildman–Crippen LogP) is 11.7. The first-order valence-electron chi connectivity index (χ1n) is 16.8. The Hall–Kier alpha value is -6.06. The minimum absolute atomic E-state index is 0.469. The Bertz CT molecular complexity index is 1820. The first-order chi connectivity index (χ1) is 24.5. The van der Waals surface area contributed by atoms with Gasteiger partial charge in [-0.25, -0.2) is 0 Å². The largest absolute Gasteiger partial charge is 0.489 e. The molecule has 3 heteroatoms. The van der Waals surface area contributed by atoms with Gasteiger partial charge in [-0.05, 0) is 93.4 Å². The molecule has 0 spiro atoms. The molecule has 0 amide bonds.